The maximum absolute atomic E-state index is 12.1. The molecule has 6 nitrogen and oxygen atoms in total. The minimum Gasteiger partial charge on any atom is -0.481 e. The topological polar surface area (TPSA) is 77.9 Å². The third kappa shape index (κ3) is 2.57. The van der Waals surface area contributed by atoms with Crippen LogP contribution in [0.3, 0.4) is 0 Å². The van der Waals surface area contributed by atoms with Crippen LogP contribution in [-0.2, 0) is 9.59 Å². The van der Waals surface area contributed by atoms with Crippen LogP contribution in [0.4, 0.5) is 5.69 Å². The summed E-state index contributed by atoms with van der Waals surface area (Å²) in [7, 11) is 1.55. The SMILES string of the molecule is CN1CC(=O)N(CCC(=O)O)c2ccccc2C1=O. The number of hydrogen-bond donors (Lipinski definition) is 1. The second-order valence-electron chi connectivity index (χ2n) is 4.37. The molecule has 1 heterocycles. The summed E-state index contributed by atoms with van der Waals surface area (Å²) in [5.41, 5.74) is 0.893. The molecule has 1 aromatic rings. The lowest BCUT2D eigenvalue weighted by atomic mass is 10.1. The number of hydrogen-bond acceptors (Lipinski definition) is 3. The van der Waals surface area contributed by atoms with Gasteiger partial charge in [-0.1, -0.05) is 12.1 Å². The largest absolute Gasteiger partial charge is 0.481 e. The van der Waals surface area contributed by atoms with Crippen molar-refractivity contribution < 1.29 is 19.5 Å². The van der Waals surface area contributed by atoms with Crippen molar-refractivity contribution in [1.29, 1.82) is 0 Å². The molecule has 1 aliphatic heterocycles. The number of amides is 2. The summed E-state index contributed by atoms with van der Waals surface area (Å²) in [5, 5.41) is 8.74. The molecule has 0 saturated heterocycles. The Morgan fingerprint density at radius 1 is 1.32 bits per heavy atom. The van der Waals surface area contributed by atoms with Crippen molar-refractivity contribution in [3.05, 3.63) is 29.8 Å². The maximum Gasteiger partial charge on any atom is 0.305 e. The predicted octanol–water partition coefficient (Wildman–Crippen LogP) is 0.580. The molecule has 0 bridgehead atoms. The summed E-state index contributed by atoms with van der Waals surface area (Å²) in [6, 6.07) is 6.74. The fourth-order valence-corrected chi connectivity index (χ4v) is 2.04. The van der Waals surface area contributed by atoms with Crippen molar-refractivity contribution in [1.82, 2.24) is 4.90 Å². The molecule has 0 aliphatic carbocycles. The summed E-state index contributed by atoms with van der Waals surface area (Å²) >= 11 is 0. The molecule has 0 atom stereocenters. The van der Waals surface area contributed by atoms with Crippen LogP contribution in [0.2, 0.25) is 0 Å². The first-order chi connectivity index (χ1) is 9.00. The van der Waals surface area contributed by atoms with Crippen LogP contribution >= 0.6 is 0 Å². The number of benzene rings is 1. The van der Waals surface area contributed by atoms with Crippen molar-refractivity contribution in [3.63, 3.8) is 0 Å². The number of carboxylic acids is 1. The molecule has 100 valence electrons. The molecule has 0 aromatic heterocycles. The first-order valence-corrected chi connectivity index (χ1v) is 5.87. The third-order valence-corrected chi connectivity index (χ3v) is 2.99. The van der Waals surface area contributed by atoms with Gasteiger partial charge in [0.2, 0.25) is 5.91 Å². The van der Waals surface area contributed by atoms with Crippen molar-refractivity contribution >= 4 is 23.5 Å². The Morgan fingerprint density at radius 2 is 2.00 bits per heavy atom. The smallest absolute Gasteiger partial charge is 0.305 e. The second-order valence-corrected chi connectivity index (χ2v) is 4.37. The van der Waals surface area contributed by atoms with E-state index in [1.165, 1.54) is 9.80 Å². The zero-order valence-electron chi connectivity index (χ0n) is 10.5. The van der Waals surface area contributed by atoms with E-state index in [-0.39, 0.29) is 31.3 Å². The van der Waals surface area contributed by atoms with Gasteiger partial charge in [0.1, 0.15) is 6.54 Å². The molecule has 0 spiro atoms. The molecule has 2 amide bonds. The predicted molar refractivity (Wildman–Crippen MR) is 68.0 cm³/mol. The van der Waals surface area contributed by atoms with E-state index >= 15 is 0 Å². The molecule has 19 heavy (non-hydrogen) atoms. The highest BCUT2D eigenvalue weighted by Crippen LogP contribution is 2.25. The molecule has 1 aromatic carbocycles. The number of rotatable bonds is 3. The highest BCUT2D eigenvalue weighted by molar-refractivity contribution is 6.09. The lowest BCUT2D eigenvalue weighted by Crippen LogP contribution is -2.38. The third-order valence-electron chi connectivity index (χ3n) is 2.99. The molecule has 6 heteroatoms. The van der Waals surface area contributed by atoms with Crippen molar-refractivity contribution in [2.24, 2.45) is 0 Å². The standard InChI is InChI=1S/C13H14N2O4/c1-14-8-11(16)15(7-6-12(17)18)10-5-3-2-4-9(10)13(14)19/h2-5H,6-8H2,1H3,(H,17,18). The van der Waals surface area contributed by atoms with Gasteiger partial charge < -0.3 is 14.9 Å². The summed E-state index contributed by atoms with van der Waals surface area (Å²) < 4.78 is 0. The normalized spacial score (nSPS) is 15.2. The van der Waals surface area contributed by atoms with Crippen LogP contribution in [-0.4, -0.2) is 47.9 Å². The van der Waals surface area contributed by atoms with E-state index in [0.717, 1.165) is 0 Å². The molecule has 0 fully saturated rings. The highest BCUT2D eigenvalue weighted by atomic mass is 16.4. The van der Waals surface area contributed by atoms with Gasteiger partial charge in [-0.15, -0.1) is 0 Å². The van der Waals surface area contributed by atoms with Crippen LogP contribution in [0, 0.1) is 0 Å². The minimum absolute atomic E-state index is 0.0485. The van der Waals surface area contributed by atoms with E-state index < -0.39 is 5.97 Å². The van der Waals surface area contributed by atoms with E-state index in [4.69, 9.17) is 5.11 Å². The number of carboxylic acid groups (broad SMARTS) is 1. The van der Waals surface area contributed by atoms with Crippen molar-refractivity contribution in [2.75, 3.05) is 25.0 Å². The van der Waals surface area contributed by atoms with Gasteiger partial charge in [0.25, 0.3) is 5.91 Å². The lowest BCUT2D eigenvalue weighted by molar-refractivity contribution is -0.136. The Balaban J connectivity index is 2.41. The van der Waals surface area contributed by atoms with E-state index in [0.29, 0.717) is 11.3 Å². The van der Waals surface area contributed by atoms with Gasteiger partial charge in [-0.2, -0.15) is 0 Å². The fraction of sp³-hybridized carbons (Fsp3) is 0.308. The molecule has 1 aliphatic rings. The van der Waals surface area contributed by atoms with Gasteiger partial charge in [0.15, 0.2) is 0 Å². The van der Waals surface area contributed by atoms with Crippen LogP contribution in [0.1, 0.15) is 16.8 Å². The number of nitrogens with zero attached hydrogens (tertiary/aromatic N) is 2. The minimum atomic E-state index is -0.978. The first kappa shape index (κ1) is 13.1. The number of carbonyl (C=O) groups is 3. The molecule has 2 rings (SSSR count). The Kier molecular flexibility index (Phi) is 3.50. The average molecular weight is 262 g/mol. The van der Waals surface area contributed by atoms with Crippen molar-refractivity contribution in [2.45, 2.75) is 6.42 Å². The van der Waals surface area contributed by atoms with Gasteiger partial charge >= 0.3 is 5.97 Å². The number of fused-ring (bicyclic) bond motifs is 1. The molecule has 0 radical (unpaired) electrons. The van der Waals surface area contributed by atoms with Crippen molar-refractivity contribution in [3.8, 4) is 0 Å². The van der Waals surface area contributed by atoms with E-state index in [1.54, 1.807) is 31.3 Å². The number of likely N-dealkylation sites (N-methyl/N-ethyl adjacent to an activating group) is 1. The van der Waals surface area contributed by atoms with Gasteiger partial charge in [-0.05, 0) is 12.1 Å². The summed E-state index contributed by atoms with van der Waals surface area (Å²) in [6.45, 7) is 0.0133. The van der Waals surface area contributed by atoms with E-state index in [1.807, 2.05) is 0 Å². The zero-order valence-corrected chi connectivity index (χ0v) is 10.5. The van der Waals surface area contributed by atoms with Gasteiger partial charge in [-0.3, -0.25) is 14.4 Å². The molecular formula is C13H14N2O4. The number of para-hydroxylation sites is 1. The molecular weight excluding hydrogens is 248 g/mol. The van der Waals surface area contributed by atoms with Crippen LogP contribution in [0.25, 0.3) is 0 Å². The summed E-state index contributed by atoms with van der Waals surface area (Å²) in [6.07, 6.45) is -0.155. The fourth-order valence-electron chi connectivity index (χ4n) is 2.04. The Bertz CT molecular complexity index is 541. The Labute approximate surface area is 110 Å². The number of aliphatic carboxylic acids is 1. The van der Waals surface area contributed by atoms with E-state index in [9.17, 15) is 14.4 Å². The second kappa shape index (κ2) is 5.09. The van der Waals surface area contributed by atoms with Crippen LogP contribution < -0.4 is 4.90 Å². The molecule has 1 N–H and O–H groups in total. The van der Waals surface area contributed by atoms with Gasteiger partial charge in [-0.25, -0.2) is 0 Å². The summed E-state index contributed by atoms with van der Waals surface area (Å²) in [4.78, 5) is 37.5. The molecule has 0 unspecified atom stereocenters. The molecule has 0 saturated carbocycles. The van der Waals surface area contributed by atoms with Gasteiger partial charge in [0.05, 0.1) is 17.7 Å². The highest BCUT2D eigenvalue weighted by Gasteiger charge is 2.29. The summed E-state index contributed by atoms with van der Waals surface area (Å²) in [5.74, 6) is -1.49. The lowest BCUT2D eigenvalue weighted by Gasteiger charge is -2.21. The zero-order chi connectivity index (χ0) is 14.0. The van der Waals surface area contributed by atoms with Gasteiger partial charge in [0, 0.05) is 13.6 Å². The van der Waals surface area contributed by atoms with E-state index in [2.05, 4.69) is 0 Å². The number of carbonyl (C=O) groups excluding carboxylic acids is 2. The Morgan fingerprint density at radius 3 is 2.68 bits per heavy atom. The van der Waals surface area contributed by atoms with Crippen LogP contribution in [0.15, 0.2) is 24.3 Å². The van der Waals surface area contributed by atoms with Crippen LogP contribution in [0.5, 0.6) is 0 Å². The monoisotopic (exact) mass is 262 g/mol. The maximum atomic E-state index is 12.1. The number of anilines is 1. The Hall–Kier alpha value is -2.37. The first-order valence-electron chi connectivity index (χ1n) is 5.87. The average Bonchev–Trinajstić information content (AvgIpc) is 2.45. The quantitative estimate of drug-likeness (QED) is 0.864.